The van der Waals surface area contributed by atoms with Crippen molar-refractivity contribution in [2.75, 3.05) is 18.8 Å². The third kappa shape index (κ3) is 5.03. The summed E-state index contributed by atoms with van der Waals surface area (Å²) in [5, 5.41) is 10.00. The number of aromatic nitrogens is 2. The van der Waals surface area contributed by atoms with Crippen LogP contribution in [0.25, 0.3) is 10.6 Å². The lowest BCUT2D eigenvalue weighted by atomic mass is 9.98. The summed E-state index contributed by atoms with van der Waals surface area (Å²) in [4.78, 5) is 15.8. The number of carbonyl (C=O) groups is 1. The lowest BCUT2D eigenvalue weighted by molar-refractivity contribution is -0.131. The van der Waals surface area contributed by atoms with Gasteiger partial charge in [0.1, 0.15) is 10.8 Å². The van der Waals surface area contributed by atoms with Gasteiger partial charge in [-0.25, -0.2) is 4.39 Å². The predicted molar refractivity (Wildman–Crippen MR) is 116 cm³/mol. The Morgan fingerprint density at radius 1 is 1.14 bits per heavy atom. The van der Waals surface area contributed by atoms with Crippen molar-refractivity contribution in [3.63, 3.8) is 0 Å². The fourth-order valence-corrected chi connectivity index (χ4v) is 5.34. The third-order valence-corrected chi connectivity index (χ3v) is 7.13. The largest absolute Gasteiger partial charge is 0.342 e. The molecule has 0 bridgehead atoms. The second kappa shape index (κ2) is 9.50. The maximum absolute atomic E-state index is 14.0. The second-order valence-electron chi connectivity index (χ2n) is 7.02. The summed E-state index contributed by atoms with van der Waals surface area (Å²) in [6.45, 7) is 1.46. The average Bonchev–Trinajstić information content (AvgIpc) is 3.25. The molecule has 1 unspecified atom stereocenters. The Morgan fingerprint density at radius 3 is 2.76 bits per heavy atom. The van der Waals surface area contributed by atoms with Crippen LogP contribution in [-0.4, -0.2) is 39.8 Å². The third-order valence-electron chi connectivity index (χ3n) is 5.00. The van der Waals surface area contributed by atoms with Gasteiger partial charge in [0.25, 0.3) is 0 Å². The standard InChI is InChI=1S/C22H22FN3OS2/c23-19-11-5-4-10-18(19)22-25-24-21(29-22)16-7-6-13-26(15-16)20(27)12-14-28-17-8-2-1-3-9-17/h1-5,8-11,16H,6-7,12-15H2. The van der Waals surface area contributed by atoms with Crippen molar-refractivity contribution in [2.24, 2.45) is 0 Å². The van der Waals surface area contributed by atoms with E-state index in [-0.39, 0.29) is 17.6 Å². The van der Waals surface area contributed by atoms with E-state index in [4.69, 9.17) is 0 Å². The van der Waals surface area contributed by atoms with Crippen LogP contribution in [0, 0.1) is 5.82 Å². The zero-order valence-corrected chi connectivity index (χ0v) is 17.6. The Labute approximate surface area is 178 Å². The molecule has 1 atom stereocenters. The fourth-order valence-electron chi connectivity index (χ4n) is 3.48. The number of piperidine rings is 1. The first-order valence-corrected chi connectivity index (χ1v) is 11.5. The van der Waals surface area contributed by atoms with Crippen LogP contribution in [0.5, 0.6) is 0 Å². The smallest absolute Gasteiger partial charge is 0.223 e. The molecule has 0 N–H and O–H groups in total. The zero-order valence-electron chi connectivity index (χ0n) is 16.0. The predicted octanol–water partition coefficient (Wildman–Crippen LogP) is 5.23. The van der Waals surface area contributed by atoms with Gasteiger partial charge < -0.3 is 4.90 Å². The highest BCUT2D eigenvalue weighted by molar-refractivity contribution is 7.99. The highest BCUT2D eigenvalue weighted by atomic mass is 32.2. The molecule has 7 heteroatoms. The van der Waals surface area contributed by atoms with E-state index in [9.17, 15) is 9.18 Å². The van der Waals surface area contributed by atoms with E-state index in [0.717, 1.165) is 30.1 Å². The van der Waals surface area contributed by atoms with Gasteiger partial charge >= 0.3 is 0 Å². The summed E-state index contributed by atoms with van der Waals surface area (Å²) in [7, 11) is 0. The van der Waals surface area contributed by atoms with E-state index in [1.54, 1.807) is 30.0 Å². The number of thioether (sulfide) groups is 1. The van der Waals surface area contributed by atoms with E-state index in [0.29, 0.717) is 23.5 Å². The Kier molecular flexibility index (Phi) is 6.56. The fraction of sp³-hybridized carbons (Fsp3) is 0.318. The van der Waals surface area contributed by atoms with Crippen LogP contribution >= 0.6 is 23.1 Å². The van der Waals surface area contributed by atoms with Crippen molar-refractivity contribution in [1.29, 1.82) is 0 Å². The lowest BCUT2D eigenvalue weighted by Gasteiger charge is -2.31. The summed E-state index contributed by atoms with van der Waals surface area (Å²) in [6, 6.07) is 16.8. The van der Waals surface area contributed by atoms with Crippen LogP contribution in [0.2, 0.25) is 0 Å². The molecular formula is C22H22FN3OS2. The van der Waals surface area contributed by atoms with Crippen LogP contribution in [0.1, 0.15) is 30.2 Å². The molecule has 29 heavy (non-hydrogen) atoms. The number of rotatable bonds is 6. The number of carbonyl (C=O) groups excluding carboxylic acids is 1. The Morgan fingerprint density at radius 2 is 1.93 bits per heavy atom. The van der Waals surface area contributed by atoms with E-state index in [2.05, 4.69) is 22.3 Å². The number of hydrogen-bond acceptors (Lipinski definition) is 5. The van der Waals surface area contributed by atoms with Crippen molar-refractivity contribution in [3.05, 3.63) is 65.4 Å². The van der Waals surface area contributed by atoms with Crippen LogP contribution in [-0.2, 0) is 4.79 Å². The van der Waals surface area contributed by atoms with Gasteiger partial charge in [0.15, 0.2) is 5.01 Å². The monoisotopic (exact) mass is 427 g/mol. The second-order valence-corrected chi connectivity index (χ2v) is 9.19. The number of benzene rings is 2. The minimum absolute atomic E-state index is 0.174. The molecule has 2 heterocycles. The molecule has 0 radical (unpaired) electrons. The van der Waals surface area contributed by atoms with Gasteiger partial charge in [0, 0.05) is 41.6 Å². The molecule has 0 saturated carbocycles. The van der Waals surface area contributed by atoms with E-state index in [1.165, 1.54) is 22.3 Å². The zero-order chi connectivity index (χ0) is 20.1. The normalized spacial score (nSPS) is 16.7. The number of halogens is 1. The van der Waals surface area contributed by atoms with E-state index >= 15 is 0 Å². The SMILES string of the molecule is O=C(CCSc1ccccc1)N1CCCC(c2nnc(-c3ccccc3F)s2)C1. The average molecular weight is 428 g/mol. The summed E-state index contributed by atoms with van der Waals surface area (Å²) >= 11 is 3.14. The molecule has 1 aromatic heterocycles. The summed E-state index contributed by atoms with van der Waals surface area (Å²) < 4.78 is 14.0. The molecule has 2 aromatic carbocycles. The highest BCUT2D eigenvalue weighted by Gasteiger charge is 2.27. The van der Waals surface area contributed by atoms with Crippen molar-refractivity contribution in [3.8, 4) is 10.6 Å². The first kappa shape index (κ1) is 20.0. The quantitative estimate of drug-likeness (QED) is 0.505. The molecule has 0 spiro atoms. The van der Waals surface area contributed by atoms with Gasteiger partial charge in [-0.1, -0.05) is 41.7 Å². The number of likely N-dealkylation sites (tertiary alicyclic amines) is 1. The van der Waals surface area contributed by atoms with Gasteiger partial charge in [-0.2, -0.15) is 0 Å². The molecule has 3 aromatic rings. The van der Waals surface area contributed by atoms with E-state index in [1.807, 2.05) is 23.1 Å². The lowest BCUT2D eigenvalue weighted by Crippen LogP contribution is -2.39. The van der Waals surface area contributed by atoms with Crippen LogP contribution in [0.15, 0.2) is 59.5 Å². The Bertz CT molecular complexity index is 963. The molecule has 1 amide bonds. The first-order chi connectivity index (χ1) is 14.2. The van der Waals surface area contributed by atoms with Gasteiger partial charge in [-0.15, -0.1) is 22.0 Å². The first-order valence-electron chi connectivity index (χ1n) is 9.74. The van der Waals surface area contributed by atoms with Crippen molar-refractivity contribution in [2.45, 2.75) is 30.1 Å². The maximum atomic E-state index is 14.0. The van der Waals surface area contributed by atoms with Gasteiger partial charge in [0.2, 0.25) is 5.91 Å². The molecule has 150 valence electrons. The number of amides is 1. The van der Waals surface area contributed by atoms with Crippen molar-refractivity contribution in [1.82, 2.24) is 15.1 Å². The molecule has 1 aliphatic rings. The minimum Gasteiger partial charge on any atom is -0.342 e. The van der Waals surface area contributed by atoms with Crippen LogP contribution in [0.4, 0.5) is 4.39 Å². The molecular weight excluding hydrogens is 405 g/mol. The molecule has 0 aliphatic carbocycles. The summed E-state index contributed by atoms with van der Waals surface area (Å²) in [6.07, 6.45) is 2.47. The summed E-state index contributed by atoms with van der Waals surface area (Å²) in [5.74, 6) is 0.858. The maximum Gasteiger partial charge on any atom is 0.223 e. The van der Waals surface area contributed by atoms with Crippen molar-refractivity contribution >= 4 is 29.0 Å². The van der Waals surface area contributed by atoms with Gasteiger partial charge in [-0.05, 0) is 37.1 Å². The minimum atomic E-state index is -0.286. The van der Waals surface area contributed by atoms with Gasteiger partial charge in [-0.3, -0.25) is 4.79 Å². The van der Waals surface area contributed by atoms with Crippen molar-refractivity contribution < 1.29 is 9.18 Å². The molecule has 1 fully saturated rings. The van der Waals surface area contributed by atoms with E-state index < -0.39 is 0 Å². The number of nitrogens with zero attached hydrogens (tertiary/aromatic N) is 3. The Balaban J connectivity index is 1.35. The Hall–Kier alpha value is -2.25. The molecule has 4 nitrogen and oxygen atoms in total. The van der Waals surface area contributed by atoms with Crippen LogP contribution in [0.3, 0.4) is 0 Å². The molecule has 4 rings (SSSR count). The van der Waals surface area contributed by atoms with Crippen LogP contribution < -0.4 is 0 Å². The summed E-state index contributed by atoms with van der Waals surface area (Å²) in [5.41, 5.74) is 0.484. The molecule has 1 saturated heterocycles. The number of hydrogen-bond donors (Lipinski definition) is 0. The van der Waals surface area contributed by atoms with Gasteiger partial charge in [0.05, 0.1) is 0 Å². The topological polar surface area (TPSA) is 46.1 Å². The highest BCUT2D eigenvalue weighted by Crippen LogP contribution is 2.33. The molecule has 1 aliphatic heterocycles.